The largest absolute Gasteiger partial charge is 0.374 e. The Morgan fingerprint density at radius 3 is 2.71 bits per heavy atom. The van der Waals surface area contributed by atoms with E-state index in [2.05, 4.69) is 22.3 Å². The van der Waals surface area contributed by atoms with Gasteiger partial charge in [-0.2, -0.15) is 0 Å². The second-order valence-electron chi connectivity index (χ2n) is 9.69. The van der Waals surface area contributed by atoms with Crippen LogP contribution in [0.1, 0.15) is 42.1 Å². The van der Waals surface area contributed by atoms with Crippen molar-refractivity contribution in [3.63, 3.8) is 0 Å². The minimum absolute atomic E-state index is 0.0106. The lowest BCUT2D eigenvalue weighted by molar-refractivity contribution is -0.122. The molecule has 0 bridgehead atoms. The minimum Gasteiger partial charge on any atom is -0.374 e. The normalized spacial score (nSPS) is 24.3. The van der Waals surface area contributed by atoms with Crippen LogP contribution in [0.15, 0.2) is 54.6 Å². The van der Waals surface area contributed by atoms with Crippen LogP contribution in [-0.2, 0) is 20.9 Å². The van der Waals surface area contributed by atoms with E-state index in [1.807, 2.05) is 37.3 Å². The van der Waals surface area contributed by atoms with Crippen LogP contribution in [0.5, 0.6) is 0 Å². The number of morpholine rings is 1. The van der Waals surface area contributed by atoms with Crippen LogP contribution in [0.2, 0.25) is 0 Å². The number of carbonyl (C=O) groups is 3. The van der Waals surface area contributed by atoms with Gasteiger partial charge in [0.1, 0.15) is 5.66 Å². The van der Waals surface area contributed by atoms with Crippen LogP contribution in [0.3, 0.4) is 0 Å². The summed E-state index contributed by atoms with van der Waals surface area (Å²) in [6.07, 6.45) is 1.05. The summed E-state index contributed by atoms with van der Waals surface area (Å²) in [7, 11) is 0. The summed E-state index contributed by atoms with van der Waals surface area (Å²) in [6, 6.07) is 17.5. The third-order valence-corrected chi connectivity index (χ3v) is 7.31. The highest BCUT2D eigenvalue weighted by molar-refractivity contribution is 6.10. The Bertz CT molecular complexity index is 1110. The lowest BCUT2D eigenvalue weighted by Gasteiger charge is -2.48. The molecule has 0 aliphatic carbocycles. The quantitative estimate of drug-likeness (QED) is 0.664. The van der Waals surface area contributed by atoms with Gasteiger partial charge in [0.15, 0.2) is 0 Å². The molecule has 2 aromatic rings. The molecule has 0 aromatic heterocycles. The number of para-hydroxylation sites is 1. The lowest BCUT2D eigenvalue weighted by atomic mass is 9.98. The summed E-state index contributed by atoms with van der Waals surface area (Å²) in [5, 5.41) is 2.98. The predicted molar refractivity (Wildman–Crippen MR) is 132 cm³/mol. The fraction of sp³-hybridized carbons (Fsp3) is 0.444. The van der Waals surface area contributed by atoms with Crippen molar-refractivity contribution in [2.24, 2.45) is 0 Å². The van der Waals surface area contributed by atoms with Gasteiger partial charge in [-0.3, -0.25) is 24.2 Å². The van der Waals surface area contributed by atoms with E-state index in [4.69, 9.17) is 4.74 Å². The molecule has 8 nitrogen and oxygen atoms in total. The molecule has 3 amide bonds. The van der Waals surface area contributed by atoms with Crippen molar-refractivity contribution in [2.45, 2.75) is 44.5 Å². The number of hydrogen-bond acceptors (Lipinski definition) is 5. The molecule has 0 spiro atoms. The molecule has 184 valence electrons. The third kappa shape index (κ3) is 4.68. The van der Waals surface area contributed by atoms with Crippen molar-refractivity contribution in [3.8, 4) is 0 Å². The van der Waals surface area contributed by atoms with Gasteiger partial charge >= 0.3 is 0 Å². The van der Waals surface area contributed by atoms with Gasteiger partial charge in [-0.1, -0.05) is 42.5 Å². The van der Waals surface area contributed by atoms with E-state index < -0.39 is 5.66 Å². The first-order chi connectivity index (χ1) is 17.0. The molecule has 35 heavy (non-hydrogen) atoms. The third-order valence-electron chi connectivity index (χ3n) is 7.31. The summed E-state index contributed by atoms with van der Waals surface area (Å²) in [6.45, 7) is 5.73. The highest BCUT2D eigenvalue weighted by Gasteiger charge is 2.52. The molecule has 2 unspecified atom stereocenters. The molecule has 2 aromatic carbocycles. The second-order valence-corrected chi connectivity index (χ2v) is 9.69. The SMILES string of the molecule is CC12CCC(=O)N1c1ccccc1C(=O)N2CCC(=O)NCC1CN(Cc2ccccc2)CCO1. The molecule has 2 atom stereocenters. The molecule has 0 saturated carbocycles. The Labute approximate surface area is 205 Å². The number of rotatable bonds is 7. The molecule has 2 saturated heterocycles. The molecule has 3 aliphatic rings. The number of carbonyl (C=O) groups excluding carboxylic acids is 3. The van der Waals surface area contributed by atoms with Gasteiger partial charge in [0.25, 0.3) is 5.91 Å². The molecular weight excluding hydrogens is 444 g/mol. The van der Waals surface area contributed by atoms with Crippen molar-refractivity contribution >= 4 is 23.4 Å². The van der Waals surface area contributed by atoms with Crippen LogP contribution in [0.4, 0.5) is 5.69 Å². The number of anilines is 1. The van der Waals surface area contributed by atoms with Crippen LogP contribution < -0.4 is 10.2 Å². The molecule has 2 fully saturated rings. The van der Waals surface area contributed by atoms with E-state index in [1.165, 1.54) is 5.56 Å². The van der Waals surface area contributed by atoms with Crippen molar-refractivity contribution in [1.82, 2.24) is 15.1 Å². The van der Waals surface area contributed by atoms with Crippen LogP contribution in [0, 0.1) is 0 Å². The number of fused-ring (bicyclic) bond motifs is 3. The van der Waals surface area contributed by atoms with E-state index in [0.717, 1.165) is 19.6 Å². The molecule has 8 heteroatoms. The van der Waals surface area contributed by atoms with Crippen LogP contribution >= 0.6 is 0 Å². The number of nitrogens with zero attached hydrogens (tertiary/aromatic N) is 3. The summed E-state index contributed by atoms with van der Waals surface area (Å²) in [5.41, 5.74) is 1.69. The maximum Gasteiger partial charge on any atom is 0.257 e. The fourth-order valence-corrected chi connectivity index (χ4v) is 5.46. The van der Waals surface area contributed by atoms with Gasteiger partial charge in [0, 0.05) is 45.6 Å². The van der Waals surface area contributed by atoms with Crippen molar-refractivity contribution in [1.29, 1.82) is 0 Å². The monoisotopic (exact) mass is 476 g/mol. The van der Waals surface area contributed by atoms with Gasteiger partial charge in [-0.05, 0) is 31.0 Å². The van der Waals surface area contributed by atoms with Gasteiger partial charge < -0.3 is 15.0 Å². The van der Waals surface area contributed by atoms with E-state index in [1.54, 1.807) is 21.9 Å². The topological polar surface area (TPSA) is 82.2 Å². The van der Waals surface area contributed by atoms with Crippen molar-refractivity contribution in [3.05, 3.63) is 65.7 Å². The average Bonchev–Trinajstić information content (AvgIpc) is 3.18. The molecule has 3 heterocycles. The smallest absolute Gasteiger partial charge is 0.257 e. The minimum atomic E-state index is -0.743. The molecule has 3 aliphatic heterocycles. The fourth-order valence-electron chi connectivity index (χ4n) is 5.46. The maximum absolute atomic E-state index is 13.3. The molecular formula is C27H32N4O4. The first-order valence-corrected chi connectivity index (χ1v) is 12.3. The van der Waals surface area contributed by atoms with Gasteiger partial charge in [0.2, 0.25) is 11.8 Å². The summed E-state index contributed by atoms with van der Waals surface area (Å²) >= 11 is 0. The Morgan fingerprint density at radius 1 is 1.11 bits per heavy atom. The second kappa shape index (κ2) is 9.79. The van der Waals surface area contributed by atoms with E-state index in [9.17, 15) is 14.4 Å². The average molecular weight is 477 g/mol. The zero-order valence-electron chi connectivity index (χ0n) is 20.1. The molecule has 1 N–H and O–H groups in total. The zero-order chi connectivity index (χ0) is 24.4. The number of nitrogens with one attached hydrogen (secondary N) is 1. The highest BCUT2D eigenvalue weighted by atomic mass is 16.5. The number of hydrogen-bond donors (Lipinski definition) is 1. The van der Waals surface area contributed by atoms with Crippen LogP contribution in [0.25, 0.3) is 0 Å². The Hall–Kier alpha value is -3.23. The van der Waals surface area contributed by atoms with Crippen molar-refractivity contribution < 1.29 is 19.1 Å². The predicted octanol–water partition coefficient (Wildman–Crippen LogP) is 2.39. The first-order valence-electron chi connectivity index (χ1n) is 12.3. The summed E-state index contributed by atoms with van der Waals surface area (Å²) in [4.78, 5) is 44.5. The van der Waals surface area contributed by atoms with Gasteiger partial charge in [-0.15, -0.1) is 0 Å². The number of ether oxygens (including phenoxy) is 1. The van der Waals surface area contributed by atoms with Crippen LogP contribution in [-0.4, -0.2) is 72.1 Å². The van der Waals surface area contributed by atoms with E-state index in [-0.39, 0.29) is 36.8 Å². The number of benzene rings is 2. The Kier molecular flexibility index (Phi) is 6.58. The first kappa shape index (κ1) is 23.5. The summed E-state index contributed by atoms with van der Waals surface area (Å²) in [5.74, 6) is -0.245. The number of amides is 3. The highest BCUT2D eigenvalue weighted by Crippen LogP contribution is 2.43. The molecule has 0 radical (unpaired) electrons. The lowest BCUT2D eigenvalue weighted by Crippen LogP contribution is -2.62. The van der Waals surface area contributed by atoms with E-state index in [0.29, 0.717) is 37.2 Å². The van der Waals surface area contributed by atoms with Crippen molar-refractivity contribution in [2.75, 3.05) is 37.7 Å². The van der Waals surface area contributed by atoms with Gasteiger partial charge in [0.05, 0.1) is 24.0 Å². The Morgan fingerprint density at radius 2 is 1.89 bits per heavy atom. The maximum atomic E-state index is 13.3. The summed E-state index contributed by atoms with van der Waals surface area (Å²) < 4.78 is 5.87. The zero-order valence-corrected chi connectivity index (χ0v) is 20.1. The van der Waals surface area contributed by atoms with E-state index >= 15 is 0 Å². The standard InChI is InChI=1S/C27H32N4O4/c1-27-13-11-25(33)31(27)23-10-6-5-9-22(23)26(34)30(27)14-12-24(32)28-17-21-19-29(15-16-35-21)18-20-7-3-2-4-8-20/h2-10,21H,11-19H2,1H3,(H,28,32). The molecule has 5 rings (SSSR count). The van der Waals surface area contributed by atoms with Gasteiger partial charge in [-0.25, -0.2) is 0 Å². The Balaban J connectivity index is 1.16.